The van der Waals surface area contributed by atoms with Gasteiger partial charge in [0.1, 0.15) is 28.1 Å². The van der Waals surface area contributed by atoms with Gasteiger partial charge in [0.25, 0.3) is 0 Å². The number of hydrogen-bond donors (Lipinski definition) is 0. The molecule has 0 N–H and O–H groups in total. The van der Waals surface area contributed by atoms with Gasteiger partial charge in [-0.3, -0.25) is 0 Å². The van der Waals surface area contributed by atoms with Gasteiger partial charge in [-0.1, -0.05) is 36.9 Å². The number of nitrogens with zero attached hydrogens (tertiary/aromatic N) is 2. The second-order valence-electron chi connectivity index (χ2n) is 5.39. The number of rotatable bonds is 4. The molecule has 20 heavy (non-hydrogen) atoms. The molecule has 0 saturated heterocycles. The van der Waals surface area contributed by atoms with Crippen molar-refractivity contribution in [3.8, 4) is 11.5 Å². The Balaban J connectivity index is 2.25. The Hall–Kier alpha value is -1.33. The molecule has 0 atom stereocenters. The first kappa shape index (κ1) is 15.1. The van der Waals surface area contributed by atoms with Crippen LogP contribution in [0.25, 0.3) is 0 Å². The summed E-state index contributed by atoms with van der Waals surface area (Å²) in [7, 11) is 1.66. The maximum absolute atomic E-state index is 5.98. The van der Waals surface area contributed by atoms with Crippen LogP contribution in [-0.4, -0.2) is 16.7 Å². The van der Waals surface area contributed by atoms with Crippen LogP contribution in [0.4, 0.5) is 0 Å². The molecule has 108 valence electrons. The lowest BCUT2D eigenvalue weighted by atomic mass is 9.86. The number of aromatic nitrogens is 2. The summed E-state index contributed by atoms with van der Waals surface area (Å²) in [5.41, 5.74) is 1.69. The average molecular weight is 313 g/mol. The molecule has 0 radical (unpaired) electrons. The van der Waals surface area contributed by atoms with Gasteiger partial charge in [0.15, 0.2) is 0 Å². The van der Waals surface area contributed by atoms with Crippen molar-refractivity contribution < 1.29 is 9.47 Å². The van der Waals surface area contributed by atoms with Gasteiger partial charge >= 0.3 is 0 Å². The van der Waals surface area contributed by atoms with Crippen molar-refractivity contribution in [3.05, 3.63) is 33.8 Å². The third-order valence-corrected chi connectivity index (χ3v) is 3.85. The van der Waals surface area contributed by atoms with Crippen molar-refractivity contribution in [2.75, 3.05) is 7.11 Å². The largest absolute Gasteiger partial charge is 0.497 e. The monoisotopic (exact) mass is 312 g/mol. The van der Waals surface area contributed by atoms with E-state index < -0.39 is 0 Å². The van der Waals surface area contributed by atoms with Gasteiger partial charge in [0.05, 0.1) is 7.11 Å². The first-order chi connectivity index (χ1) is 9.41. The average Bonchev–Trinajstić information content (AvgIpc) is 2.80. The van der Waals surface area contributed by atoms with Crippen molar-refractivity contribution in [2.24, 2.45) is 0 Å². The molecule has 1 heterocycles. The summed E-state index contributed by atoms with van der Waals surface area (Å²) in [4.78, 5) is 0. The van der Waals surface area contributed by atoms with Gasteiger partial charge in [-0.25, -0.2) is 0 Å². The summed E-state index contributed by atoms with van der Waals surface area (Å²) in [6, 6.07) is 5.79. The zero-order valence-electron chi connectivity index (χ0n) is 11.9. The number of methoxy groups -OCH3 is 1. The van der Waals surface area contributed by atoms with Crippen LogP contribution in [-0.2, 0) is 12.0 Å². The molecule has 0 fully saturated rings. The Labute approximate surface area is 127 Å². The summed E-state index contributed by atoms with van der Waals surface area (Å²) in [6.07, 6.45) is 0. The van der Waals surface area contributed by atoms with E-state index in [2.05, 4.69) is 30.4 Å². The molecule has 2 aromatic rings. The lowest BCUT2D eigenvalue weighted by molar-refractivity contribution is 0.292. The molecule has 2 rings (SSSR count). The maximum atomic E-state index is 5.98. The Kier molecular flexibility index (Phi) is 4.50. The highest BCUT2D eigenvalue weighted by Crippen LogP contribution is 2.35. The Morgan fingerprint density at radius 3 is 2.60 bits per heavy atom. The van der Waals surface area contributed by atoms with Crippen molar-refractivity contribution in [1.82, 2.24) is 9.59 Å². The molecule has 0 spiro atoms. The van der Waals surface area contributed by atoms with Gasteiger partial charge in [-0.15, -0.1) is 5.10 Å². The summed E-state index contributed by atoms with van der Waals surface area (Å²) in [5, 5.41) is 3.94. The van der Waals surface area contributed by atoms with Gasteiger partial charge < -0.3 is 9.47 Å². The van der Waals surface area contributed by atoms with Crippen LogP contribution in [0.3, 0.4) is 0 Å². The molecule has 0 aliphatic carbocycles. The van der Waals surface area contributed by atoms with Crippen molar-refractivity contribution in [1.29, 1.82) is 0 Å². The minimum Gasteiger partial charge on any atom is -0.497 e. The van der Waals surface area contributed by atoms with Gasteiger partial charge in [0, 0.05) is 17.1 Å². The van der Waals surface area contributed by atoms with E-state index in [-0.39, 0.29) is 5.41 Å². The Bertz CT molecular complexity index is 593. The molecular weight excluding hydrogens is 296 g/mol. The van der Waals surface area contributed by atoms with Crippen LogP contribution in [0, 0.1) is 0 Å². The molecule has 6 heteroatoms. The van der Waals surface area contributed by atoms with Gasteiger partial charge in [-0.05, 0) is 23.6 Å². The first-order valence-corrected chi connectivity index (χ1v) is 7.35. The third kappa shape index (κ3) is 3.41. The van der Waals surface area contributed by atoms with E-state index in [9.17, 15) is 0 Å². The van der Waals surface area contributed by atoms with Gasteiger partial charge in [0.2, 0.25) is 0 Å². The van der Waals surface area contributed by atoms with Gasteiger partial charge in [-0.2, -0.15) is 0 Å². The van der Waals surface area contributed by atoms with E-state index in [0.29, 0.717) is 16.6 Å². The topological polar surface area (TPSA) is 44.2 Å². The zero-order chi connectivity index (χ0) is 14.8. The fourth-order valence-corrected chi connectivity index (χ4v) is 2.38. The van der Waals surface area contributed by atoms with Crippen LogP contribution in [0.1, 0.15) is 32.0 Å². The Morgan fingerprint density at radius 2 is 2.05 bits per heavy atom. The van der Waals surface area contributed by atoms with E-state index in [4.69, 9.17) is 21.1 Å². The lowest BCUT2D eigenvalue weighted by Gasteiger charge is -2.23. The van der Waals surface area contributed by atoms with Crippen LogP contribution < -0.4 is 9.47 Å². The SMILES string of the molecule is COc1ccc(OCc2nnsc2Cl)c(C(C)(C)C)c1. The molecule has 0 bridgehead atoms. The van der Waals surface area contributed by atoms with E-state index in [0.717, 1.165) is 28.6 Å². The highest BCUT2D eigenvalue weighted by Gasteiger charge is 2.20. The lowest BCUT2D eigenvalue weighted by Crippen LogP contribution is -2.13. The van der Waals surface area contributed by atoms with E-state index in [1.54, 1.807) is 7.11 Å². The molecule has 1 aromatic heterocycles. The number of ether oxygens (including phenoxy) is 2. The normalized spacial score (nSPS) is 11.4. The zero-order valence-corrected chi connectivity index (χ0v) is 13.5. The van der Waals surface area contributed by atoms with Crippen LogP contribution in [0.2, 0.25) is 4.34 Å². The highest BCUT2D eigenvalue weighted by atomic mass is 35.5. The minimum absolute atomic E-state index is 0.0476. The van der Waals surface area contributed by atoms with Crippen molar-refractivity contribution >= 4 is 23.1 Å². The number of halogens is 1. The van der Waals surface area contributed by atoms with Crippen LogP contribution >= 0.6 is 23.1 Å². The molecule has 0 aliphatic heterocycles. The van der Waals surface area contributed by atoms with Crippen molar-refractivity contribution in [3.63, 3.8) is 0 Å². The van der Waals surface area contributed by atoms with E-state index in [1.165, 1.54) is 0 Å². The molecule has 4 nitrogen and oxygen atoms in total. The summed E-state index contributed by atoms with van der Waals surface area (Å²) >= 11 is 7.14. The predicted molar refractivity (Wildman–Crippen MR) is 80.9 cm³/mol. The number of benzene rings is 1. The second kappa shape index (κ2) is 5.97. The fraction of sp³-hybridized carbons (Fsp3) is 0.429. The standard InChI is InChI=1S/C14H17ClN2O2S/c1-14(2,3)10-7-9(18-4)5-6-12(10)19-8-11-13(15)20-17-16-11/h5-7H,8H2,1-4H3. The summed E-state index contributed by atoms with van der Waals surface area (Å²) in [6.45, 7) is 6.70. The quantitative estimate of drug-likeness (QED) is 0.853. The second-order valence-corrected chi connectivity index (χ2v) is 6.75. The van der Waals surface area contributed by atoms with Crippen LogP contribution in [0.15, 0.2) is 18.2 Å². The minimum atomic E-state index is -0.0476. The van der Waals surface area contributed by atoms with E-state index >= 15 is 0 Å². The fourth-order valence-electron chi connectivity index (χ4n) is 1.78. The molecule has 0 amide bonds. The first-order valence-electron chi connectivity index (χ1n) is 6.20. The summed E-state index contributed by atoms with van der Waals surface area (Å²) in [5.74, 6) is 1.62. The maximum Gasteiger partial charge on any atom is 0.141 e. The van der Waals surface area contributed by atoms with Crippen molar-refractivity contribution in [2.45, 2.75) is 32.8 Å². The number of hydrogen-bond acceptors (Lipinski definition) is 5. The highest BCUT2D eigenvalue weighted by molar-refractivity contribution is 7.10. The predicted octanol–water partition coefficient (Wildman–Crippen LogP) is 4.08. The Morgan fingerprint density at radius 1 is 1.30 bits per heavy atom. The molecule has 0 unspecified atom stereocenters. The van der Waals surface area contributed by atoms with Crippen LogP contribution in [0.5, 0.6) is 11.5 Å². The molecular formula is C14H17ClN2O2S. The third-order valence-electron chi connectivity index (χ3n) is 2.87. The molecule has 0 saturated carbocycles. The molecule has 0 aliphatic rings. The summed E-state index contributed by atoms with van der Waals surface area (Å²) < 4.78 is 15.5. The molecule has 1 aromatic carbocycles. The smallest absolute Gasteiger partial charge is 0.141 e. The van der Waals surface area contributed by atoms with E-state index in [1.807, 2.05) is 18.2 Å².